The fourth-order valence-corrected chi connectivity index (χ4v) is 1.59. The Morgan fingerprint density at radius 1 is 1.08 bits per heavy atom. The van der Waals surface area contributed by atoms with E-state index in [-0.39, 0.29) is 18.9 Å². The molecular formula is C7H13F3N2. The Morgan fingerprint density at radius 2 is 1.58 bits per heavy atom. The van der Waals surface area contributed by atoms with E-state index in [1.165, 1.54) is 0 Å². The first-order valence-electron chi connectivity index (χ1n) is 4.07. The van der Waals surface area contributed by atoms with Crippen molar-refractivity contribution in [1.82, 2.24) is 5.43 Å². The molecule has 1 aliphatic rings. The largest absolute Gasteiger partial charge is 0.391 e. The van der Waals surface area contributed by atoms with Crippen molar-refractivity contribution >= 4 is 0 Å². The van der Waals surface area contributed by atoms with Crippen molar-refractivity contribution in [1.29, 1.82) is 0 Å². The van der Waals surface area contributed by atoms with E-state index < -0.39 is 12.1 Å². The topological polar surface area (TPSA) is 38.0 Å². The monoisotopic (exact) mass is 182 g/mol. The minimum Gasteiger partial charge on any atom is -0.271 e. The van der Waals surface area contributed by atoms with E-state index in [1.807, 2.05) is 0 Å². The summed E-state index contributed by atoms with van der Waals surface area (Å²) in [5.74, 6) is 4.02. The molecule has 0 atom stereocenters. The fraction of sp³-hybridized carbons (Fsp3) is 1.00. The van der Waals surface area contributed by atoms with Gasteiger partial charge in [-0.15, -0.1) is 0 Å². The summed E-state index contributed by atoms with van der Waals surface area (Å²) in [6.07, 6.45) is -2.54. The van der Waals surface area contributed by atoms with Gasteiger partial charge in [-0.25, -0.2) is 0 Å². The van der Waals surface area contributed by atoms with Crippen molar-refractivity contribution in [3.05, 3.63) is 0 Å². The van der Waals surface area contributed by atoms with Gasteiger partial charge in [-0.1, -0.05) is 0 Å². The summed E-state index contributed by atoms with van der Waals surface area (Å²) in [7, 11) is 0. The van der Waals surface area contributed by atoms with Crippen molar-refractivity contribution in [2.24, 2.45) is 11.8 Å². The van der Waals surface area contributed by atoms with Gasteiger partial charge in [0, 0.05) is 6.04 Å². The molecule has 0 aromatic heterocycles. The summed E-state index contributed by atoms with van der Waals surface area (Å²) in [5.41, 5.74) is 2.51. The zero-order valence-corrected chi connectivity index (χ0v) is 6.69. The van der Waals surface area contributed by atoms with Crippen LogP contribution in [0, 0.1) is 5.92 Å². The maximum absolute atomic E-state index is 12.1. The number of halogens is 3. The highest BCUT2D eigenvalue weighted by Gasteiger charge is 2.41. The van der Waals surface area contributed by atoms with Gasteiger partial charge in [0.15, 0.2) is 0 Å². The summed E-state index contributed by atoms with van der Waals surface area (Å²) in [6.45, 7) is 0. The van der Waals surface area contributed by atoms with Crippen LogP contribution in [0.3, 0.4) is 0 Å². The van der Waals surface area contributed by atoms with Crippen LogP contribution in [-0.2, 0) is 0 Å². The molecule has 72 valence electrons. The van der Waals surface area contributed by atoms with Crippen molar-refractivity contribution < 1.29 is 13.2 Å². The predicted octanol–water partition coefficient (Wildman–Crippen LogP) is 1.57. The highest BCUT2D eigenvalue weighted by molar-refractivity contribution is 4.79. The molecule has 12 heavy (non-hydrogen) atoms. The van der Waals surface area contributed by atoms with Crippen LogP contribution >= 0.6 is 0 Å². The van der Waals surface area contributed by atoms with Gasteiger partial charge in [0.2, 0.25) is 0 Å². The Labute approximate surface area is 69.3 Å². The lowest BCUT2D eigenvalue weighted by Gasteiger charge is -2.29. The Morgan fingerprint density at radius 3 is 1.92 bits per heavy atom. The third-order valence-electron chi connectivity index (χ3n) is 2.43. The number of hydrogen-bond donors (Lipinski definition) is 2. The van der Waals surface area contributed by atoms with E-state index in [0.717, 1.165) is 0 Å². The van der Waals surface area contributed by atoms with Crippen LogP contribution in [0.5, 0.6) is 0 Å². The Balaban J connectivity index is 2.36. The van der Waals surface area contributed by atoms with Crippen molar-refractivity contribution in [2.75, 3.05) is 0 Å². The molecule has 1 rings (SSSR count). The lowest BCUT2D eigenvalue weighted by Crippen LogP contribution is -2.40. The molecule has 0 saturated heterocycles. The van der Waals surface area contributed by atoms with E-state index in [1.54, 1.807) is 0 Å². The minimum atomic E-state index is -4.01. The lowest BCUT2D eigenvalue weighted by molar-refractivity contribution is -0.182. The molecule has 0 aromatic carbocycles. The number of rotatable bonds is 1. The standard InChI is InChI=1S/C7H13F3N2/c8-7(9,10)5-1-3-6(12-11)4-2-5/h5-6,12H,1-4,11H2/t5-,6+. The van der Waals surface area contributed by atoms with E-state index in [4.69, 9.17) is 5.84 Å². The van der Waals surface area contributed by atoms with E-state index in [9.17, 15) is 13.2 Å². The van der Waals surface area contributed by atoms with Crippen LogP contribution in [0.25, 0.3) is 0 Å². The van der Waals surface area contributed by atoms with E-state index in [0.29, 0.717) is 12.8 Å². The zero-order valence-electron chi connectivity index (χ0n) is 6.69. The van der Waals surface area contributed by atoms with Crippen molar-refractivity contribution in [2.45, 2.75) is 37.9 Å². The quantitative estimate of drug-likeness (QED) is 0.477. The molecule has 0 bridgehead atoms. The second-order valence-corrected chi connectivity index (χ2v) is 3.26. The van der Waals surface area contributed by atoms with Crippen LogP contribution in [0.4, 0.5) is 13.2 Å². The van der Waals surface area contributed by atoms with E-state index >= 15 is 0 Å². The normalized spacial score (nSPS) is 32.0. The average Bonchev–Trinajstić information content (AvgIpc) is 2.03. The number of hydrogen-bond acceptors (Lipinski definition) is 2. The molecule has 0 spiro atoms. The highest BCUT2D eigenvalue weighted by atomic mass is 19.4. The van der Waals surface area contributed by atoms with Gasteiger partial charge < -0.3 is 0 Å². The maximum atomic E-state index is 12.1. The number of hydrazine groups is 1. The Hall–Kier alpha value is -0.290. The highest BCUT2D eigenvalue weighted by Crippen LogP contribution is 2.37. The van der Waals surface area contributed by atoms with Crippen LogP contribution in [0.2, 0.25) is 0 Å². The average molecular weight is 182 g/mol. The first-order chi connectivity index (χ1) is 5.54. The molecule has 0 aliphatic heterocycles. The van der Waals surface area contributed by atoms with Gasteiger partial charge in [0.05, 0.1) is 5.92 Å². The Kier molecular flexibility index (Phi) is 2.95. The van der Waals surface area contributed by atoms with Gasteiger partial charge in [-0.3, -0.25) is 11.3 Å². The molecule has 0 unspecified atom stereocenters. The molecule has 0 radical (unpaired) electrons. The number of alkyl halides is 3. The van der Waals surface area contributed by atoms with Gasteiger partial charge >= 0.3 is 6.18 Å². The first kappa shape index (κ1) is 9.80. The molecule has 2 nitrogen and oxygen atoms in total. The van der Waals surface area contributed by atoms with E-state index in [2.05, 4.69) is 5.43 Å². The van der Waals surface area contributed by atoms with Crippen molar-refractivity contribution in [3.8, 4) is 0 Å². The molecule has 5 heteroatoms. The summed E-state index contributed by atoms with van der Waals surface area (Å²) in [5, 5.41) is 0. The minimum absolute atomic E-state index is 0.0728. The summed E-state index contributed by atoms with van der Waals surface area (Å²) >= 11 is 0. The maximum Gasteiger partial charge on any atom is 0.391 e. The molecule has 1 saturated carbocycles. The fourth-order valence-electron chi connectivity index (χ4n) is 1.59. The molecule has 3 N–H and O–H groups in total. The molecular weight excluding hydrogens is 169 g/mol. The zero-order chi connectivity index (χ0) is 9.19. The molecule has 0 aromatic rings. The van der Waals surface area contributed by atoms with Crippen LogP contribution in [0.1, 0.15) is 25.7 Å². The first-order valence-corrected chi connectivity index (χ1v) is 4.07. The van der Waals surface area contributed by atoms with Gasteiger partial charge in [0.25, 0.3) is 0 Å². The van der Waals surface area contributed by atoms with Crippen molar-refractivity contribution in [3.63, 3.8) is 0 Å². The second-order valence-electron chi connectivity index (χ2n) is 3.26. The van der Waals surface area contributed by atoms with Crippen LogP contribution in [-0.4, -0.2) is 12.2 Å². The molecule has 1 fully saturated rings. The Bertz CT molecular complexity index is 138. The number of nitrogens with one attached hydrogen (secondary N) is 1. The summed E-state index contributed by atoms with van der Waals surface area (Å²) in [4.78, 5) is 0. The summed E-state index contributed by atoms with van der Waals surface area (Å²) < 4.78 is 36.4. The van der Waals surface area contributed by atoms with Crippen LogP contribution < -0.4 is 11.3 Å². The predicted molar refractivity (Wildman–Crippen MR) is 39.1 cm³/mol. The van der Waals surface area contributed by atoms with Gasteiger partial charge in [-0.05, 0) is 25.7 Å². The van der Waals surface area contributed by atoms with Crippen LogP contribution in [0.15, 0.2) is 0 Å². The SMILES string of the molecule is NN[C@H]1CC[C@@H](C(F)(F)F)CC1. The lowest BCUT2D eigenvalue weighted by atomic mass is 9.86. The molecule has 0 amide bonds. The number of nitrogens with two attached hydrogens (primary N) is 1. The summed E-state index contributed by atoms with van der Waals surface area (Å²) in [6, 6.07) is 0.0728. The molecule has 0 heterocycles. The molecule has 1 aliphatic carbocycles. The smallest absolute Gasteiger partial charge is 0.271 e. The second kappa shape index (κ2) is 3.62. The van der Waals surface area contributed by atoms with Gasteiger partial charge in [0.1, 0.15) is 0 Å². The van der Waals surface area contributed by atoms with Gasteiger partial charge in [-0.2, -0.15) is 13.2 Å². The third kappa shape index (κ3) is 2.35. The third-order valence-corrected chi connectivity index (χ3v) is 2.43.